The Morgan fingerprint density at radius 3 is 2.91 bits per heavy atom. The number of aliphatic hydroxyl groups excluding tert-OH is 1. The van der Waals surface area contributed by atoms with Gasteiger partial charge in [-0.15, -0.1) is 0 Å². The van der Waals surface area contributed by atoms with Crippen LogP contribution in [0, 0.1) is 0 Å². The number of hydrogen-bond donors (Lipinski definition) is 3. The molecule has 0 fully saturated rings. The molecule has 0 saturated heterocycles. The molecule has 0 radical (unpaired) electrons. The van der Waals surface area contributed by atoms with Gasteiger partial charge in [-0.1, -0.05) is 24.3 Å². The number of ether oxygens (including phenoxy) is 1. The van der Waals surface area contributed by atoms with E-state index in [-0.39, 0.29) is 18.6 Å². The minimum Gasteiger partial charge on any atom is -0.479 e. The summed E-state index contributed by atoms with van der Waals surface area (Å²) in [5, 5.41) is 15.5. The van der Waals surface area contributed by atoms with E-state index in [1.807, 2.05) is 49.4 Å². The minimum atomic E-state index is -0.471. The van der Waals surface area contributed by atoms with Crippen LogP contribution in [0.25, 0.3) is 0 Å². The molecular formula is C18H20N2O3. The first-order valence-electron chi connectivity index (χ1n) is 7.64. The van der Waals surface area contributed by atoms with Gasteiger partial charge in [0.2, 0.25) is 0 Å². The van der Waals surface area contributed by atoms with E-state index in [1.165, 1.54) is 0 Å². The van der Waals surface area contributed by atoms with E-state index in [4.69, 9.17) is 4.74 Å². The van der Waals surface area contributed by atoms with Crippen molar-refractivity contribution in [2.24, 2.45) is 0 Å². The monoisotopic (exact) mass is 312 g/mol. The average molecular weight is 312 g/mol. The normalized spacial score (nSPS) is 17.7. The van der Waals surface area contributed by atoms with Gasteiger partial charge in [-0.25, -0.2) is 0 Å². The van der Waals surface area contributed by atoms with Crippen LogP contribution in [0.5, 0.6) is 5.75 Å². The summed E-state index contributed by atoms with van der Waals surface area (Å²) in [6, 6.07) is 13.5. The number of amides is 1. The quantitative estimate of drug-likeness (QED) is 0.811. The van der Waals surface area contributed by atoms with Gasteiger partial charge in [0.15, 0.2) is 6.10 Å². The molecule has 1 amide bonds. The number of anilines is 2. The highest BCUT2D eigenvalue weighted by Gasteiger charge is 2.23. The number of fused-ring (bicyclic) bond motifs is 1. The molecule has 2 unspecified atom stereocenters. The van der Waals surface area contributed by atoms with Crippen LogP contribution in [-0.4, -0.2) is 17.1 Å². The molecule has 0 bridgehead atoms. The lowest BCUT2D eigenvalue weighted by Crippen LogP contribution is -2.34. The number of carbonyl (C=O) groups excluding carboxylic acids is 1. The summed E-state index contributed by atoms with van der Waals surface area (Å²) in [5.74, 6) is 0.538. The van der Waals surface area contributed by atoms with Crippen molar-refractivity contribution < 1.29 is 14.6 Å². The van der Waals surface area contributed by atoms with Gasteiger partial charge >= 0.3 is 0 Å². The summed E-state index contributed by atoms with van der Waals surface area (Å²) in [6.45, 7) is 3.80. The number of hydrogen-bond acceptors (Lipinski definition) is 4. The van der Waals surface area contributed by atoms with Gasteiger partial charge in [0.05, 0.1) is 12.3 Å². The number of nitrogens with one attached hydrogen (secondary N) is 2. The van der Waals surface area contributed by atoms with Crippen molar-refractivity contribution in [1.82, 2.24) is 0 Å². The van der Waals surface area contributed by atoms with Crippen molar-refractivity contribution >= 4 is 17.3 Å². The average Bonchev–Trinajstić information content (AvgIpc) is 2.56. The van der Waals surface area contributed by atoms with E-state index in [0.717, 1.165) is 16.8 Å². The molecule has 2 atom stereocenters. The zero-order valence-electron chi connectivity index (χ0n) is 13.2. The van der Waals surface area contributed by atoms with Crippen LogP contribution >= 0.6 is 0 Å². The van der Waals surface area contributed by atoms with Crippen LogP contribution in [-0.2, 0) is 11.4 Å². The maximum atomic E-state index is 11.7. The summed E-state index contributed by atoms with van der Waals surface area (Å²) in [4.78, 5) is 11.7. The summed E-state index contributed by atoms with van der Waals surface area (Å²) in [6.07, 6.45) is -0.471. The molecule has 5 heteroatoms. The zero-order valence-corrected chi connectivity index (χ0v) is 13.2. The van der Waals surface area contributed by atoms with Gasteiger partial charge in [0.1, 0.15) is 5.75 Å². The molecule has 3 rings (SSSR count). The third kappa shape index (κ3) is 3.29. The molecule has 0 spiro atoms. The summed E-state index contributed by atoms with van der Waals surface area (Å²) < 4.78 is 5.55. The highest BCUT2D eigenvalue weighted by molar-refractivity contribution is 5.98. The van der Waals surface area contributed by atoms with Crippen LogP contribution in [0.15, 0.2) is 42.5 Å². The fourth-order valence-electron chi connectivity index (χ4n) is 2.59. The largest absolute Gasteiger partial charge is 0.479 e. The van der Waals surface area contributed by atoms with Crippen molar-refractivity contribution in [3.8, 4) is 5.75 Å². The summed E-state index contributed by atoms with van der Waals surface area (Å²) in [7, 11) is 0. The first-order chi connectivity index (χ1) is 11.1. The Hall–Kier alpha value is -2.53. The second kappa shape index (κ2) is 6.30. The van der Waals surface area contributed by atoms with Crippen LogP contribution < -0.4 is 15.4 Å². The maximum Gasteiger partial charge on any atom is 0.265 e. The van der Waals surface area contributed by atoms with E-state index < -0.39 is 6.10 Å². The molecule has 3 N–H and O–H groups in total. The Kier molecular flexibility index (Phi) is 4.21. The van der Waals surface area contributed by atoms with Crippen LogP contribution in [0.4, 0.5) is 11.4 Å². The Morgan fingerprint density at radius 1 is 1.30 bits per heavy atom. The van der Waals surface area contributed by atoms with Crippen LogP contribution in [0.3, 0.4) is 0 Å². The second-order valence-electron chi connectivity index (χ2n) is 5.73. The summed E-state index contributed by atoms with van der Waals surface area (Å²) >= 11 is 0. The standard InChI is InChI=1S/C18H20N2O3/c1-11(14-5-3-4-13(8-14)10-21)19-15-6-7-17-16(9-15)20-18(22)12(2)23-17/h3-9,11-12,19,21H,10H2,1-2H3,(H,20,22). The van der Waals surface area contributed by atoms with Crippen molar-refractivity contribution in [2.75, 3.05) is 10.6 Å². The predicted molar refractivity (Wildman–Crippen MR) is 89.6 cm³/mol. The van der Waals surface area contributed by atoms with Gasteiger partial charge in [-0.2, -0.15) is 0 Å². The summed E-state index contributed by atoms with van der Waals surface area (Å²) in [5.41, 5.74) is 3.54. The van der Waals surface area contributed by atoms with Gasteiger partial charge < -0.3 is 20.5 Å². The van der Waals surface area contributed by atoms with Gasteiger partial charge in [-0.05, 0) is 43.2 Å². The molecule has 5 nitrogen and oxygen atoms in total. The molecule has 0 saturated carbocycles. The molecule has 0 aliphatic carbocycles. The number of benzene rings is 2. The van der Waals surface area contributed by atoms with Crippen LogP contribution in [0.2, 0.25) is 0 Å². The number of rotatable bonds is 4. The van der Waals surface area contributed by atoms with Gasteiger partial charge in [0.25, 0.3) is 5.91 Å². The lowest BCUT2D eigenvalue weighted by molar-refractivity contribution is -0.122. The lowest BCUT2D eigenvalue weighted by atomic mass is 10.0. The molecular weight excluding hydrogens is 292 g/mol. The topological polar surface area (TPSA) is 70.6 Å². The van der Waals surface area contributed by atoms with E-state index in [9.17, 15) is 9.90 Å². The first-order valence-corrected chi connectivity index (χ1v) is 7.64. The molecule has 1 aliphatic heterocycles. The molecule has 1 heterocycles. The number of carbonyl (C=O) groups is 1. The second-order valence-corrected chi connectivity index (χ2v) is 5.73. The fraction of sp³-hybridized carbons (Fsp3) is 0.278. The molecule has 23 heavy (non-hydrogen) atoms. The Morgan fingerprint density at radius 2 is 2.13 bits per heavy atom. The molecule has 120 valence electrons. The van der Waals surface area contributed by atoms with Gasteiger partial charge in [-0.3, -0.25) is 4.79 Å². The predicted octanol–water partition coefficient (Wildman–Crippen LogP) is 3.07. The smallest absolute Gasteiger partial charge is 0.265 e. The zero-order chi connectivity index (χ0) is 16.4. The maximum absolute atomic E-state index is 11.7. The number of aliphatic hydroxyl groups is 1. The van der Waals surface area contributed by atoms with Crippen molar-refractivity contribution in [2.45, 2.75) is 32.6 Å². The SMILES string of the molecule is CC1Oc2ccc(NC(C)c3cccc(CO)c3)cc2NC1=O. The van der Waals surface area contributed by atoms with E-state index in [0.29, 0.717) is 11.4 Å². The van der Waals surface area contributed by atoms with E-state index >= 15 is 0 Å². The van der Waals surface area contributed by atoms with E-state index in [2.05, 4.69) is 10.6 Å². The lowest BCUT2D eigenvalue weighted by Gasteiger charge is -2.24. The highest BCUT2D eigenvalue weighted by Crippen LogP contribution is 2.33. The molecule has 2 aromatic rings. The molecule has 2 aromatic carbocycles. The molecule has 0 aromatic heterocycles. The highest BCUT2D eigenvalue weighted by atomic mass is 16.5. The van der Waals surface area contributed by atoms with Crippen molar-refractivity contribution in [3.05, 3.63) is 53.6 Å². The Labute approximate surface area is 135 Å². The molecule has 1 aliphatic rings. The third-order valence-corrected chi connectivity index (χ3v) is 3.93. The fourth-order valence-corrected chi connectivity index (χ4v) is 2.59. The Bertz CT molecular complexity index is 730. The first kappa shape index (κ1) is 15.4. The minimum absolute atomic E-state index is 0.0287. The van der Waals surface area contributed by atoms with Crippen molar-refractivity contribution in [1.29, 1.82) is 0 Å². The van der Waals surface area contributed by atoms with Crippen molar-refractivity contribution in [3.63, 3.8) is 0 Å². The Balaban J connectivity index is 1.78. The third-order valence-electron chi connectivity index (χ3n) is 3.93. The van der Waals surface area contributed by atoms with Crippen LogP contribution in [0.1, 0.15) is 31.0 Å². The van der Waals surface area contributed by atoms with Gasteiger partial charge in [0, 0.05) is 11.7 Å². The van der Waals surface area contributed by atoms with E-state index in [1.54, 1.807) is 6.92 Å².